The van der Waals surface area contributed by atoms with Crippen LogP contribution in [0.1, 0.15) is 26.3 Å². The average Bonchev–Trinajstić information content (AvgIpc) is 2.44. The predicted molar refractivity (Wildman–Crippen MR) is 90.3 cm³/mol. The summed E-state index contributed by atoms with van der Waals surface area (Å²) in [7, 11) is 0. The summed E-state index contributed by atoms with van der Waals surface area (Å²) in [6.07, 6.45) is -4.28. The fourth-order valence-electron chi connectivity index (χ4n) is 3.46. The zero-order valence-corrected chi connectivity index (χ0v) is 14.6. The molecule has 0 saturated carbocycles. The highest BCUT2D eigenvalue weighted by Crippen LogP contribution is 2.32. The molecule has 0 spiro atoms. The van der Waals surface area contributed by atoms with Crippen molar-refractivity contribution in [3.8, 4) is 0 Å². The van der Waals surface area contributed by atoms with Gasteiger partial charge < -0.3 is 4.90 Å². The van der Waals surface area contributed by atoms with Crippen LogP contribution in [-0.2, 0) is 6.18 Å². The van der Waals surface area contributed by atoms with Gasteiger partial charge in [0.15, 0.2) is 0 Å². The Hall–Kier alpha value is -1.27. The summed E-state index contributed by atoms with van der Waals surface area (Å²) in [5, 5.41) is 0. The van der Waals surface area contributed by atoms with Gasteiger partial charge in [-0.3, -0.25) is 9.80 Å². The second kappa shape index (κ2) is 6.23. The Balaban J connectivity index is 1.55. The predicted octanol–water partition coefficient (Wildman–Crippen LogP) is 3.31. The molecule has 0 atom stereocenters. The van der Waals surface area contributed by atoms with Gasteiger partial charge in [0.2, 0.25) is 0 Å². The molecule has 2 aliphatic rings. The maximum Gasteiger partial charge on any atom is 0.416 e. The van der Waals surface area contributed by atoms with E-state index in [9.17, 15) is 13.2 Å². The van der Waals surface area contributed by atoms with E-state index in [4.69, 9.17) is 0 Å². The number of halogens is 3. The summed E-state index contributed by atoms with van der Waals surface area (Å²) in [4.78, 5) is 7.01. The van der Waals surface area contributed by atoms with Crippen molar-refractivity contribution in [2.45, 2.75) is 38.5 Å². The average molecular weight is 341 g/mol. The number of hydrogen-bond donors (Lipinski definition) is 0. The Bertz CT molecular complexity index is 566. The van der Waals surface area contributed by atoms with Crippen molar-refractivity contribution in [2.75, 3.05) is 44.2 Å². The van der Waals surface area contributed by atoms with Gasteiger partial charge in [0.1, 0.15) is 0 Å². The molecule has 2 fully saturated rings. The number of nitrogens with zero attached hydrogens (tertiary/aromatic N) is 3. The molecule has 6 heteroatoms. The van der Waals surface area contributed by atoms with Crippen LogP contribution >= 0.6 is 0 Å². The zero-order chi connectivity index (χ0) is 17.5. The van der Waals surface area contributed by atoms with Crippen LogP contribution in [0.4, 0.5) is 18.9 Å². The van der Waals surface area contributed by atoms with Gasteiger partial charge in [0, 0.05) is 56.5 Å². The fraction of sp³-hybridized carbons (Fsp3) is 0.667. The van der Waals surface area contributed by atoms with Crippen LogP contribution in [0.15, 0.2) is 24.3 Å². The summed E-state index contributed by atoms with van der Waals surface area (Å²) in [6.45, 7) is 12.3. The van der Waals surface area contributed by atoms with Crippen LogP contribution in [0.3, 0.4) is 0 Å². The van der Waals surface area contributed by atoms with Crippen LogP contribution in [0.5, 0.6) is 0 Å². The zero-order valence-electron chi connectivity index (χ0n) is 14.6. The fourth-order valence-corrected chi connectivity index (χ4v) is 3.46. The largest absolute Gasteiger partial charge is 0.416 e. The van der Waals surface area contributed by atoms with E-state index >= 15 is 0 Å². The molecular weight excluding hydrogens is 315 g/mol. The van der Waals surface area contributed by atoms with Gasteiger partial charge in [-0.1, -0.05) is 6.07 Å². The van der Waals surface area contributed by atoms with Gasteiger partial charge in [0.25, 0.3) is 0 Å². The minimum atomic E-state index is -4.28. The number of alkyl halides is 3. The first kappa shape index (κ1) is 17.5. The molecule has 0 aliphatic carbocycles. The molecule has 1 aromatic carbocycles. The molecule has 3 rings (SSSR count). The van der Waals surface area contributed by atoms with E-state index in [0.717, 1.165) is 45.3 Å². The van der Waals surface area contributed by atoms with E-state index in [2.05, 4.69) is 35.5 Å². The number of anilines is 1. The summed E-state index contributed by atoms with van der Waals surface area (Å²) in [6, 6.07) is 6.26. The molecule has 1 aromatic rings. The SMILES string of the molecule is CC(C)(C)N1CC(N2CCN(c3cccc(C(F)(F)F)c3)CC2)C1. The van der Waals surface area contributed by atoms with E-state index in [1.165, 1.54) is 12.1 Å². The highest BCUT2D eigenvalue weighted by atomic mass is 19.4. The summed E-state index contributed by atoms with van der Waals surface area (Å²) < 4.78 is 38.6. The number of rotatable bonds is 2. The molecular formula is C18H26F3N3. The Kier molecular flexibility index (Phi) is 4.55. The van der Waals surface area contributed by atoms with Gasteiger partial charge >= 0.3 is 6.18 Å². The lowest BCUT2D eigenvalue weighted by Gasteiger charge is -2.53. The van der Waals surface area contributed by atoms with Crippen molar-refractivity contribution in [1.29, 1.82) is 0 Å². The lowest BCUT2D eigenvalue weighted by atomic mass is 9.96. The van der Waals surface area contributed by atoms with Crippen molar-refractivity contribution in [3.05, 3.63) is 29.8 Å². The topological polar surface area (TPSA) is 9.72 Å². The quantitative estimate of drug-likeness (QED) is 0.817. The highest BCUT2D eigenvalue weighted by molar-refractivity contribution is 5.49. The molecule has 0 N–H and O–H groups in total. The number of likely N-dealkylation sites (tertiary alicyclic amines) is 1. The molecule has 3 nitrogen and oxygen atoms in total. The standard InChI is InChI=1S/C18H26F3N3/c1-17(2,3)24-12-16(13-24)23-9-7-22(8-10-23)15-6-4-5-14(11-15)18(19,20)21/h4-6,11,16H,7-10,12-13H2,1-3H3. The second-order valence-electron chi connectivity index (χ2n) is 7.80. The minimum absolute atomic E-state index is 0.219. The third-order valence-electron chi connectivity index (χ3n) is 5.18. The Morgan fingerprint density at radius 2 is 1.58 bits per heavy atom. The third-order valence-corrected chi connectivity index (χ3v) is 5.18. The summed E-state index contributed by atoms with van der Waals surface area (Å²) in [5.41, 5.74) is 0.327. The van der Waals surface area contributed by atoms with Crippen LogP contribution in [0.25, 0.3) is 0 Å². The van der Waals surface area contributed by atoms with Crippen molar-refractivity contribution < 1.29 is 13.2 Å². The molecule has 0 bridgehead atoms. The molecule has 24 heavy (non-hydrogen) atoms. The van der Waals surface area contributed by atoms with Gasteiger partial charge in [-0.15, -0.1) is 0 Å². The monoisotopic (exact) mass is 341 g/mol. The van der Waals surface area contributed by atoms with E-state index in [-0.39, 0.29) is 5.54 Å². The first-order valence-electron chi connectivity index (χ1n) is 8.56. The lowest BCUT2D eigenvalue weighted by Crippen LogP contribution is -2.66. The Morgan fingerprint density at radius 1 is 0.958 bits per heavy atom. The van der Waals surface area contributed by atoms with Crippen LogP contribution in [0.2, 0.25) is 0 Å². The summed E-state index contributed by atoms with van der Waals surface area (Å²) in [5.74, 6) is 0. The number of hydrogen-bond acceptors (Lipinski definition) is 3. The van der Waals surface area contributed by atoms with Crippen molar-refractivity contribution in [1.82, 2.24) is 9.80 Å². The van der Waals surface area contributed by atoms with Crippen molar-refractivity contribution >= 4 is 5.69 Å². The van der Waals surface area contributed by atoms with Crippen LogP contribution in [0, 0.1) is 0 Å². The van der Waals surface area contributed by atoms with E-state index in [0.29, 0.717) is 11.7 Å². The van der Waals surface area contributed by atoms with Crippen LogP contribution in [-0.4, -0.2) is 60.6 Å². The lowest BCUT2D eigenvalue weighted by molar-refractivity contribution is -0.137. The van der Waals surface area contributed by atoms with Crippen LogP contribution < -0.4 is 4.90 Å². The van der Waals surface area contributed by atoms with E-state index in [1.807, 2.05) is 0 Å². The van der Waals surface area contributed by atoms with Crippen molar-refractivity contribution in [3.63, 3.8) is 0 Å². The highest BCUT2D eigenvalue weighted by Gasteiger charge is 2.38. The third kappa shape index (κ3) is 3.70. The Labute approximate surface area is 142 Å². The molecule has 0 radical (unpaired) electrons. The maximum atomic E-state index is 12.9. The first-order valence-corrected chi connectivity index (χ1v) is 8.56. The molecule has 0 aromatic heterocycles. The first-order chi connectivity index (χ1) is 11.1. The maximum absolute atomic E-state index is 12.9. The van der Waals surface area contributed by atoms with Gasteiger partial charge in [-0.05, 0) is 39.0 Å². The molecule has 134 valence electrons. The molecule has 2 heterocycles. The van der Waals surface area contributed by atoms with Crippen molar-refractivity contribution in [2.24, 2.45) is 0 Å². The van der Waals surface area contributed by atoms with E-state index < -0.39 is 11.7 Å². The molecule has 0 amide bonds. The van der Waals surface area contributed by atoms with E-state index in [1.54, 1.807) is 6.07 Å². The number of piperazine rings is 1. The van der Waals surface area contributed by atoms with Gasteiger partial charge in [0.05, 0.1) is 5.56 Å². The minimum Gasteiger partial charge on any atom is -0.369 e. The van der Waals surface area contributed by atoms with Gasteiger partial charge in [-0.25, -0.2) is 0 Å². The molecule has 2 saturated heterocycles. The van der Waals surface area contributed by atoms with Gasteiger partial charge in [-0.2, -0.15) is 13.2 Å². The smallest absolute Gasteiger partial charge is 0.369 e. The number of benzene rings is 1. The summed E-state index contributed by atoms with van der Waals surface area (Å²) >= 11 is 0. The molecule has 0 unspecified atom stereocenters. The normalized spacial score (nSPS) is 21.8. The Morgan fingerprint density at radius 3 is 2.12 bits per heavy atom. The second-order valence-corrected chi connectivity index (χ2v) is 7.80. The molecule has 2 aliphatic heterocycles.